The van der Waals surface area contributed by atoms with Crippen LogP contribution in [0.4, 0.5) is 0 Å². The van der Waals surface area contributed by atoms with Crippen LogP contribution in [0.25, 0.3) is 0 Å². The van der Waals surface area contributed by atoms with Gasteiger partial charge < -0.3 is 5.32 Å². The molecule has 0 aromatic rings. The Morgan fingerprint density at radius 3 is 2.69 bits per heavy atom. The summed E-state index contributed by atoms with van der Waals surface area (Å²) in [5.41, 5.74) is 0.314. The summed E-state index contributed by atoms with van der Waals surface area (Å²) >= 11 is 3.81. The van der Waals surface area contributed by atoms with Gasteiger partial charge in [0.25, 0.3) is 0 Å². The lowest BCUT2D eigenvalue weighted by atomic mass is 9.96. The molecule has 0 amide bonds. The second-order valence-electron chi connectivity index (χ2n) is 4.42. The predicted molar refractivity (Wildman–Crippen MR) is 78.8 cm³/mol. The van der Waals surface area contributed by atoms with Gasteiger partial charge in [-0.2, -0.15) is 11.8 Å². The van der Waals surface area contributed by atoms with E-state index in [1.165, 1.54) is 25.0 Å². The summed E-state index contributed by atoms with van der Waals surface area (Å²) in [5, 5.41) is 5.49. The van der Waals surface area contributed by atoms with E-state index < -0.39 is 0 Å². The molecule has 1 N–H and O–H groups in total. The highest BCUT2D eigenvalue weighted by Crippen LogP contribution is 2.28. The first-order valence-corrected chi connectivity index (χ1v) is 8.41. The van der Waals surface area contributed by atoms with Gasteiger partial charge in [-0.15, -0.1) is 0 Å². The van der Waals surface area contributed by atoms with Gasteiger partial charge in [-0.3, -0.25) is 4.99 Å². The highest BCUT2D eigenvalue weighted by atomic mass is 32.2. The van der Waals surface area contributed by atoms with Gasteiger partial charge in [-0.1, -0.05) is 32.5 Å². The van der Waals surface area contributed by atoms with Crippen LogP contribution in [0.15, 0.2) is 4.99 Å². The number of amidine groups is 1. The minimum Gasteiger partial charge on any atom is -0.359 e. The van der Waals surface area contributed by atoms with Gasteiger partial charge in [0.15, 0.2) is 5.17 Å². The van der Waals surface area contributed by atoms with Gasteiger partial charge in [0.2, 0.25) is 0 Å². The van der Waals surface area contributed by atoms with E-state index in [0.29, 0.717) is 5.54 Å². The van der Waals surface area contributed by atoms with Crippen molar-refractivity contribution in [2.75, 3.05) is 18.6 Å². The second kappa shape index (κ2) is 6.80. The molecule has 0 saturated carbocycles. The fourth-order valence-electron chi connectivity index (χ4n) is 1.69. The van der Waals surface area contributed by atoms with E-state index in [9.17, 15) is 0 Å². The Hall–Kier alpha value is 0.170. The van der Waals surface area contributed by atoms with Crippen LogP contribution in [0.2, 0.25) is 0 Å². The summed E-state index contributed by atoms with van der Waals surface area (Å²) in [6.07, 6.45) is 5.73. The first-order chi connectivity index (χ1) is 7.65. The van der Waals surface area contributed by atoms with Crippen molar-refractivity contribution < 1.29 is 0 Å². The summed E-state index contributed by atoms with van der Waals surface area (Å²) in [5.74, 6) is 1.18. The zero-order valence-electron chi connectivity index (χ0n) is 10.9. The van der Waals surface area contributed by atoms with Gasteiger partial charge in [0.05, 0.1) is 0 Å². The van der Waals surface area contributed by atoms with E-state index in [-0.39, 0.29) is 0 Å². The SMILES string of the molecule is CCC1(CC)CSC(=NCCC(C)SC)N1. The van der Waals surface area contributed by atoms with E-state index in [1.807, 2.05) is 23.5 Å². The van der Waals surface area contributed by atoms with Crippen LogP contribution >= 0.6 is 23.5 Å². The first kappa shape index (κ1) is 14.2. The van der Waals surface area contributed by atoms with Crippen molar-refractivity contribution >= 4 is 28.7 Å². The fourth-order valence-corrected chi connectivity index (χ4v) is 3.39. The van der Waals surface area contributed by atoms with Crippen molar-refractivity contribution in [2.24, 2.45) is 4.99 Å². The quantitative estimate of drug-likeness (QED) is 0.792. The third-order valence-corrected chi connectivity index (χ3v) is 5.65. The maximum absolute atomic E-state index is 4.66. The molecule has 0 radical (unpaired) electrons. The smallest absolute Gasteiger partial charge is 0.157 e. The zero-order chi connectivity index (χ0) is 12.0. The summed E-state index contributed by atoms with van der Waals surface area (Å²) in [6, 6.07) is 0. The van der Waals surface area contributed by atoms with Gasteiger partial charge in [0, 0.05) is 23.1 Å². The Labute approximate surface area is 108 Å². The van der Waals surface area contributed by atoms with Crippen LogP contribution in [0.5, 0.6) is 0 Å². The van der Waals surface area contributed by atoms with Gasteiger partial charge in [-0.25, -0.2) is 0 Å². The van der Waals surface area contributed by atoms with E-state index in [4.69, 9.17) is 0 Å². The maximum atomic E-state index is 4.66. The number of rotatable bonds is 6. The zero-order valence-corrected chi connectivity index (χ0v) is 12.5. The van der Waals surface area contributed by atoms with Crippen molar-refractivity contribution in [3.8, 4) is 0 Å². The molecule has 1 fully saturated rings. The summed E-state index contributed by atoms with van der Waals surface area (Å²) < 4.78 is 0. The van der Waals surface area contributed by atoms with E-state index in [0.717, 1.165) is 17.0 Å². The number of hydrogen-bond donors (Lipinski definition) is 1. The molecule has 4 heteroatoms. The summed E-state index contributed by atoms with van der Waals surface area (Å²) in [7, 11) is 0. The van der Waals surface area contributed by atoms with Crippen LogP contribution in [-0.2, 0) is 0 Å². The molecule has 2 nitrogen and oxygen atoms in total. The molecular formula is C12H24N2S2. The fraction of sp³-hybridized carbons (Fsp3) is 0.917. The lowest BCUT2D eigenvalue weighted by Crippen LogP contribution is -2.42. The molecule has 0 aromatic heterocycles. The Bertz CT molecular complexity index is 237. The van der Waals surface area contributed by atoms with Crippen LogP contribution in [0, 0.1) is 0 Å². The lowest BCUT2D eigenvalue weighted by Gasteiger charge is -2.25. The Kier molecular flexibility index (Phi) is 6.05. The minimum absolute atomic E-state index is 0.314. The molecule has 1 aliphatic rings. The van der Waals surface area contributed by atoms with Crippen LogP contribution < -0.4 is 5.32 Å². The number of nitrogens with one attached hydrogen (secondary N) is 1. The Balaban J connectivity index is 2.37. The monoisotopic (exact) mass is 260 g/mol. The summed E-state index contributed by atoms with van der Waals surface area (Å²) in [6.45, 7) is 7.74. The number of thioether (sulfide) groups is 2. The average molecular weight is 260 g/mol. The highest BCUT2D eigenvalue weighted by Gasteiger charge is 2.33. The second-order valence-corrected chi connectivity index (χ2v) is 6.66. The normalized spacial score (nSPS) is 23.4. The van der Waals surface area contributed by atoms with Crippen molar-refractivity contribution in [3.05, 3.63) is 0 Å². The van der Waals surface area contributed by atoms with E-state index in [1.54, 1.807) is 0 Å². The molecule has 0 aliphatic carbocycles. The Morgan fingerprint density at radius 1 is 1.50 bits per heavy atom. The molecule has 0 bridgehead atoms. The molecule has 94 valence electrons. The highest BCUT2D eigenvalue weighted by molar-refractivity contribution is 8.14. The molecule has 1 unspecified atom stereocenters. The number of nitrogens with zero attached hydrogens (tertiary/aromatic N) is 1. The molecule has 0 spiro atoms. The third kappa shape index (κ3) is 3.88. The van der Waals surface area contributed by atoms with Crippen LogP contribution in [0.1, 0.15) is 40.0 Å². The van der Waals surface area contributed by atoms with Crippen molar-refractivity contribution in [1.82, 2.24) is 5.32 Å². The lowest BCUT2D eigenvalue weighted by molar-refractivity contribution is 0.407. The average Bonchev–Trinajstić information content (AvgIpc) is 2.73. The summed E-state index contributed by atoms with van der Waals surface area (Å²) in [4.78, 5) is 4.66. The first-order valence-electron chi connectivity index (χ1n) is 6.14. The third-order valence-electron chi connectivity index (χ3n) is 3.40. The van der Waals surface area contributed by atoms with E-state index >= 15 is 0 Å². The minimum atomic E-state index is 0.314. The molecule has 1 saturated heterocycles. The topological polar surface area (TPSA) is 24.4 Å². The largest absolute Gasteiger partial charge is 0.359 e. The predicted octanol–water partition coefficient (Wildman–Crippen LogP) is 3.38. The maximum Gasteiger partial charge on any atom is 0.157 e. The van der Waals surface area contributed by atoms with Gasteiger partial charge in [-0.05, 0) is 25.5 Å². The van der Waals surface area contributed by atoms with Crippen LogP contribution in [0.3, 0.4) is 0 Å². The number of aliphatic imine (C=N–C) groups is 1. The molecule has 1 atom stereocenters. The molecule has 0 aromatic carbocycles. The molecule has 1 heterocycles. The molecular weight excluding hydrogens is 236 g/mol. The van der Waals surface area contributed by atoms with Crippen molar-refractivity contribution in [3.63, 3.8) is 0 Å². The molecule has 1 rings (SSSR count). The van der Waals surface area contributed by atoms with Gasteiger partial charge in [0.1, 0.15) is 0 Å². The molecule has 16 heavy (non-hydrogen) atoms. The van der Waals surface area contributed by atoms with E-state index in [2.05, 4.69) is 37.3 Å². The standard InChI is InChI=1S/C12H24N2S2/c1-5-12(6-2)9-16-11(14-12)13-8-7-10(3)15-4/h10H,5-9H2,1-4H3,(H,13,14). The van der Waals surface area contributed by atoms with Crippen molar-refractivity contribution in [1.29, 1.82) is 0 Å². The van der Waals surface area contributed by atoms with Crippen LogP contribution in [-0.4, -0.2) is 34.5 Å². The van der Waals surface area contributed by atoms with Gasteiger partial charge >= 0.3 is 0 Å². The Morgan fingerprint density at radius 2 is 2.19 bits per heavy atom. The molecule has 1 aliphatic heterocycles. The van der Waals surface area contributed by atoms with Crippen molar-refractivity contribution in [2.45, 2.75) is 50.8 Å². The number of hydrogen-bond acceptors (Lipinski definition) is 3.